The zero-order valence-electron chi connectivity index (χ0n) is 6.58. The maximum atomic E-state index is 10.7. The van der Waals surface area contributed by atoms with Crippen molar-refractivity contribution in [2.24, 2.45) is 0 Å². The SMILES string of the molecule is CCS(=O)(=O)OCCCC[O]. The van der Waals surface area contributed by atoms with E-state index in [1.807, 2.05) is 0 Å². The Balaban J connectivity index is 3.39. The molecule has 0 rings (SSSR count). The summed E-state index contributed by atoms with van der Waals surface area (Å²) in [4.78, 5) is 0. The minimum atomic E-state index is -3.30. The van der Waals surface area contributed by atoms with Gasteiger partial charge in [0, 0.05) is 0 Å². The summed E-state index contributed by atoms with van der Waals surface area (Å²) in [5, 5.41) is 9.92. The molecule has 0 fully saturated rings. The van der Waals surface area contributed by atoms with E-state index in [1.165, 1.54) is 6.92 Å². The van der Waals surface area contributed by atoms with E-state index in [2.05, 4.69) is 4.18 Å². The third-order valence-corrected chi connectivity index (χ3v) is 2.39. The van der Waals surface area contributed by atoms with Crippen molar-refractivity contribution >= 4 is 10.1 Å². The lowest BCUT2D eigenvalue weighted by molar-refractivity contribution is 0.178. The molecule has 0 saturated heterocycles. The van der Waals surface area contributed by atoms with E-state index in [4.69, 9.17) is 0 Å². The topological polar surface area (TPSA) is 63.3 Å². The molecule has 0 unspecified atom stereocenters. The van der Waals surface area contributed by atoms with Crippen LogP contribution in [-0.2, 0) is 19.4 Å². The van der Waals surface area contributed by atoms with Crippen molar-refractivity contribution in [2.45, 2.75) is 19.8 Å². The first kappa shape index (κ1) is 10.9. The van der Waals surface area contributed by atoms with Crippen LogP contribution in [-0.4, -0.2) is 27.4 Å². The average molecular weight is 181 g/mol. The summed E-state index contributed by atoms with van der Waals surface area (Å²) in [6.07, 6.45) is 0.988. The second-order valence-corrected chi connectivity index (χ2v) is 4.01. The largest absolute Gasteiger partial charge is 0.270 e. The van der Waals surface area contributed by atoms with Crippen molar-refractivity contribution in [3.63, 3.8) is 0 Å². The van der Waals surface area contributed by atoms with Gasteiger partial charge in [-0.3, -0.25) is 4.18 Å². The highest BCUT2D eigenvalue weighted by molar-refractivity contribution is 7.86. The number of rotatable bonds is 6. The average Bonchev–Trinajstić information content (AvgIpc) is 1.99. The van der Waals surface area contributed by atoms with Gasteiger partial charge in [-0.1, -0.05) is 0 Å². The fourth-order valence-electron chi connectivity index (χ4n) is 0.473. The molecule has 0 aromatic carbocycles. The quantitative estimate of drug-likeness (QED) is 0.444. The Bertz CT molecular complexity index is 173. The Morgan fingerprint density at radius 3 is 2.36 bits per heavy atom. The summed E-state index contributed by atoms with van der Waals surface area (Å²) in [6.45, 7) is 1.48. The van der Waals surface area contributed by atoms with Crippen LogP contribution in [0.25, 0.3) is 0 Å². The van der Waals surface area contributed by atoms with Crippen molar-refractivity contribution in [2.75, 3.05) is 19.0 Å². The van der Waals surface area contributed by atoms with Gasteiger partial charge in [0.25, 0.3) is 10.1 Å². The van der Waals surface area contributed by atoms with Gasteiger partial charge >= 0.3 is 0 Å². The van der Waals surface area contributed by atoms with E-state index < -0.39 is 10.1 Å². The smallest absolute Gasteiger partial charge is 0.267 e. The van der Waals surface area contributed by atoms with Gasteiger partial charge in [-0.05, 0) is 19.8 Å². The molecule has 0 aliphatic rings. The Hall–Kier alpha value is -0.130. The lowest BCUT2D eigenvalue weighted by Crippen LogP contribution is -2.09. The van der Waals surface area contributed by atoms with E-state index in [1.54, 1.807) is 0 Å². The van der Waals surface area contributed by atoms with Crippen molar-refractivity contribution in [3.05, 3.63) is 0 Å². The Labute approximate surface area is 67.3 Å². The zero-order valence-corrected chi connectivity index (χ0v) is 7.39. The summed E-state index contributed by atoms with van der Waals surface area (Å²) < 4.78 is 25.8. The fourth-order valence-corrected chi connectivity index (χ4v) is 1.01. The molecule has 0 saturated carbocycles. The third kappa shape index (κ3) is 6.28. The molecule has 67 valence electrons. The molecule has 0 bridgehead atoms. The van der Waals surface area contributed by atoms with Crippen LogP contribution in [0.3, 0.4) is 0 Å². The Morgan fingerprint density at radius 2 is 1.91 bits per heavy atom. The minimum Gasteiger partial charge on any atom is -0.270 e. The molecular formula is C6H13O4S. The normalized spacial score (nSPS) is 11.8. The van der Waals surface area contributed by atoms with E-state index in [9.17, 15) is 13.5 Å². The van der Waals surface area contributed by atoms with Crippen LogP contribution in [0, 0.1) is 0 Å². The third-order valence-electron chi connectivity index (χ3n) is 1.16. The number of hydrogen-bond acceptors (Lipinski definition) is 3. The Morgan fingerprint density at radius 1 is 1.27 bits per heavy atom. The summed E-state index contributed by atoms with van der Waals surface area (Å²) in [6, 6.07) is 0. The predicted octanol–water partition coefficient (Wildman–Crippen LogP) is 0.563. The highest BCUT2D eigenvalue weighted by atomic mass is 32.2. The minimum absolute atomic E-state index is 0.00955. The van der Waals surface area contributed by atoms with Crippen LogP contribution >= 0.6 is 0 Å². The van der Waals surface area contributed by atoms with Gasteiger partial charge < -0.3 is 0 Å². The van der Waals surface area contributed by atoms with Gasteiger partial charge in [-0.2, -0.15) is 8.42 Å². The van der Waals surface area contributed by atoms with Crippen molar-refractivity contribution in [3.8, 4) is 0 Å². The second kappa shape index (κ2) is 5.51. The van der Waals surface area contributed by atoms with Crippen LogP contribution in [0.15, 0.2) is 0 Å². The Kier molecular flexibility index (Phi) is 5.45. The van der Waals surface area contributed by atoms with E-state index in [0.29, 0.717) is 12.8 Å². The first-order chi connectivity index (χ1) is 5.12. The first-order valence-corrected chi connectivity index (χ1v) is 5.15. The number of unbranched alkanes of at least 4 members (excludes halogenated alkanes) is 1. The molecule has 0 N–H and O–H groups in total. The molecule has 0 amide bonds. The molecule has 0 aromatic rings. The molecular weight excluding hydrogens is 168 g/mol. The highest BCUT2D eigenvalue weighted by Crippen LogP contribution is 1.95. The maximum Gasteiger partial charge on any atom is 0.267 e. The summed E-state index contributed by atoms with van der Waals surface area (Å²) >= 11 is 0. The summed E-state index contributed by atoms with van der Waals surface area (Å²) in [7, 11) is -3.30. The van der Waals surface area contributed by atoms with Gasteiger partial charge in [-0.15, -0.1) is 0 Å². The molecule has 0 aliphatic heterocycles. The van der Waals surface area contributed by atoms with Crippen LogP contribution in [0.2, 0.25) is 0 Å². The van der Waals surface area contributed by atoms with E-state index in [-0.39, 0.29) is 19.0 Å². The molecule has 5 heteroatoms. The predicted molar refractivity (Wildman–Crippen MR) is 40.2 cm³/mol. The zero-order chi connectivity index (χ0) is 8.74. The van der Waals surface area contributed by atoms with Crippen molar-refractivity contribution < 1.29 is 17.7 Å². The molecule has 4 nitrogen and oxygen atoms in total. The van der Waals surface area contributed by atoms with Gasteiger partial charge in [0.05, 0.1) is 19.0 Å². The van der Waals surface area contributed by atoms with E-state index >= 15 is 0 Å². The first-order valence-electron chi connectivity index (χ1n) is 3.57. The lowest BCUT2D eigenvalue weighted by Gasteiger charge is -2.00. The van der Waals surface area contributed by atoms with Crippen molar-refractivity contribution in [1.82, 2.24) is 0 Å². The molecule has 0 atom stereocenters. The van der Waals surface area contributed by atoms with Crippen molar-refractivity contribution in [1.29, 1.82) is 0 Å². The summed E-state index contributed by atoms with van der Waals surface area (Å²) in [5.74, 6) is -0.00955. The fraction of sp³-hybridized carbons (Fsp3) is 1.00. The van der Waals surface area contributed by atoms with Crippen LogP contribution in [0.4, 0.5) is 0 Å². The number of hydrogen-bond donors (Lipinski definition) is 0. The monoisotopic (exact) mass is 181 g/mol. The molecule has 0 spiro atoms. The maximum absolute atomic E-state index is 10.7. The molecule has 1 radical (unpaired) electrons. The van der Waals surface area contributed by atoms with E-state index in [0.717, 1.165) is 0 Å². The molecule has 0 heterocycles. The highest BCUT2D eigenvalue weighted by Gasteiger charge is 2.05. The van der Waals surface area contributed by atoms with Gasteiger partial charge in [-0.25, -0.2) is 5.11 Å². The summed E-state index contributed by atoms with van der Waals surface area (Å²) in [5.41, 5.74) is 0. The van der Waals surface area contributed by atoms with Crippen LogP contribution in [0.5, 0.6) is 0 Å². The van der Waals surface area contributed by atoms with Gasteiger partial charge in [0.15, 0.2) is 0 Å². The standard InChI is InChI=1S/C6H13O4S/c1-2-11(8,9)10-6-4-3-5-7/h2-6H2,1H3. The van der Waals surface area contributed by atoms with Crippen LogP contribution < -0.4 is 0 Å². The van der Waals surface area contributed by atoms with Gasteiger partial charge in [0.1, 0.15) is 0 Å². The lowest BCUT2D eigenvalue weighted by atomic mass is 10.3. The molecule has 0 aromatic heterocycles. The molecule has 0 aliphatic carbocycles. The second-order valence-electron chi connectivity index (χ2n) is 2.08. The van der Waals surface area contributed by atoms with Crippen LogP contribution in [0.1, 0.15) is 19.8 Å². The molecule has 11 heavy (non-hydrogen) atoms. The van der Waals surface area contributed by atoms with Gasteiger partial charge in [0.2, 0.25) is 0 Å².